The molecule has 1 heterocycles. The van der Waals surface area contributed by atoms with Crippen molar-refractivity contribution >= 4 is 5.91 Å². The second-order valence-corrected chi connectivity index (χ2v) is 7.02. The number of hydrogen-bond donors (Lipinski definition) is 1. The largest absolute Gasteiger partial charge is 0.484 e. The highest BCUT2D eigenvalue weighted by Gasteiger charge is 2.22. The molecular formula is C20H32N2O3. The summed E-state index contributed by atoms with van der Waals surface area (Å²) in [6.07, 6.45) is 2.07. The molecule has 5 nitrogen and oxygen atoms in total. The molecule has 1 unspecified atom stereocenters. The minimum Gasteiger partial charge on any atom is -0.484 e. The maximum absolute atomic E-state index is 12.1. The van der Waals surface area contributed by atoms with Gasteiger partial charge in [0.2, 0.25) is 0 Å². The van der Waals surface area contributed by atoms with Crippen LogP contribution in [0.25, 0.3) is 0 Å². The number of amides is 1. The molecule has 1 fully saturated rings. The predicted molar refractivity (Wildman–Crippen MR) is 100.0 cm³/mol. The zero-order chi connectivity index (χ0) is 18.1. The van der Waals surface area contributed by atoms with E-state index < -0.39 is 0 Å². The maximum Gasteiger partial charge on any atom is 0.257 e. The average Bonchev–Trinajstić information content (AvgIpc) is 2.64. The van der Waals surface area contributed by atoms with Gasteiger partial charge in [0.25, 0.3) is 5.91 Å². The molecule has 0 aliphatic carbocycles. The van der Waals surface area contributed by atoms with Crippen molar-refractivity contribution < 1.29 is 14.3 Å². The quantitative estimate of drug-likeness (QED) is 0.745. The second-order valence-electron chi connectivity index (χ2n) is 7.02. The van der Waals surface area contributed by atoms with Crippen molar-refractivity contribution in [3.63, 3.8) is 0 Å². The summed E-state index contributed by atoms with van der Waals surface area (Å²) in [5, 5.41) is 3.03. The van der Waals surface area contributed by atoms with E-state index in [0.717, 1.165) is 44.9 Å². The van der Waals surface area contributed by atoms with E-state index in [1.807, 2.05) is 24.3 Å². The van der Waals surface area contributed by atoms with E-state index in [4.69, 9.17) is 9.47 Å². The second kappa shape index (κ2) is 10.4. The van der Waals surface area contributed by atoms with Crippen LogP contribution in [0.2, 0.25) is 0 Å². The number of carbonyl (C=O) groups is 1. The third-order valence-electron chi connectivity index (χ3n) is 4.54. The zero-order valence-corrected chi connectivity index (χ0v) is 15.8. The van der Waals surface area contributed by atoms with Gasteiger partial charge in [-0.3, -0.25) is 9.69 Å². The van der Waals surface area contributed by atoms with Crippen LogP contribution < -0.4 is 10.1 Å². The lowest BCUT2D eigenvalue weighted by Gasteiger charge is -2.35. The number of benzene rings is 1. The van der Waals surface area contributed by atoms with Crippen LogP contribution in [-0.4, -0.2) is 56.3 Å². The van der Waals surface area contributed by atoms with Gasteiger partial charge in [-0.25, -0.2) is 0 Å². The normalized spacial score (nSPS) is 16.6. The molecule has 1 saturated heterocycles. The monoisotopic (exact) mass is 348 g/mol. The van der Waals surface area contributed by atoms with Crippen LogP contribution in [0.4, 0.5) is 0 Å². The first-order valence-electron chi connectivity index (χ1n) is 9.38. The van der Waals surface area contributed by atoms with Crippen molar-refractivity contribution in [2.75, 3.05) is 39.5 Å². The fourth-order valence-electron chi connectivity index (χ4n) is 3.10. The van der Waals surface area contributed by atoms with Crippen molar-refractivity contribution in [3.05, 3.63) is 29.8 Å². The molecule has 1 aromatic carbocycles. The minimum atomic E-state index is -0.0680. The molecule has 2 rings (SSSR count). The van der Waals surface area contributed by atoms with Crippen LogP contribution in [0, 0.1) is 5.92 Å². The lowest BCUT2D eigenvalue weighted by atomic mass is 10.0. The molecule has 1 aliphatic heterocycles. The summed E-state index contributed by atoms with van der Waals surface area (Å²) in [6.45, 7) is 10.7. The Morgan fingerprint density at radius 3 is 2.52 bits per heavy atom. The number of aryl methyl sites for hydroxylation is 1. The van der Waals surface area contributed by atoms with Gasteiger partial charge in [-0.15, -0.1) is 0 Å². The van der Waals surface area contributed by atoms with Gasteiger partial charge in [0.05, 0.1) is 13.2 Å². The van der Waals surface area contributed by atoms with Gasteiger partial charge in [-0.2, -0.15) is 0 Å². The van der Waals surface area contributed by atoms with Crippen molar-refractivity contribution in [1.29, 1.82) is 0 Å². The summed E-state index contributed by atoms with van der Waals surface area (Å²) in [7, 11) is 0. The third-order valence-corrected chi connectivity index (χ3v) is 4.54. The Kier molecular flexibility index (Phi) is 8.22. The summed E-state index contributed by atoms with van der Waals surface area (Å²) in [5.41, 5.74) is 1.26. The van der Waals surface area contributed by atoms with Gasteiger partial charge in [-0.1, -0.05) is 32.9 Å². The van der Waals surface area contributed by atoms with E-state index >= 15 is 0 Å². The standard InChI is InChI=1S/C20H32N2O3/c1-4-17-5-7-19(8-6-17)25-15-20(23)21-14-18(13-16(2)3)22-9-11-24-12-10-22/h5-8,16,18H,4,9-15H2,1-3H3,(H,21,23). The van der Waals surface area contributed by atoms with E-state index in [9.17, 15) is 4.79 Å². The molecule has 1 N–H and O–H groups in total. The number of morpholine rings is 1. The highest BCUT2D eigenvalue weighted by Crippen LogP contribution is 2.14. The number of ether oxygens (including phenoxy) is 2. The average molecular weight is 348 g/mol. The Balaban J connectivity index is 1.76. The van der Waals surface area contributed by atoms with Gasteiger partial charge in [0.1, 0.15) is 5.75 Å². The fourth-order valence-corrected chi connectivity index (χ4v) is 3.10. The SMILES string of the molecule is CCc1ccc(OCC(=O)NCC(CC(C)C)N2CCOCC2)cc1. The molecule has 140 valence electrons. The number of rotatable bonds is 9. The zero-order valence-electron chi connectivity index (χ0n) is 15.8. The van der Waals surface area contributed by atoms with Gasteiger partial charge >= 0.3 is 0 Å². The minimum absolute atomic E-state index is 0.0585. The first kappa shape index (κ1) is 19.7. The molecule has 0 spiro atoms. The van der Waals surface area contributed by atoms with E-state index in [0.29, 0.717) is 18.5 Å². The molecule has 1 atom stereocenters. The van der Waals surface area contributed by atoms with Crippen molar-refractivity contribution in [1.82, 2.24) is 10.2 Å². The Bertz CT molecular complexity index is 510. The lowest BCUT2D eigenvalue weighted by Crippen LogP contribution is -2.49. The summed E-state index contributed by atoms with van der Waals surface area (Å²) >= 11 is 0. The van der Waals surface area contributed by atoms with Crippen LogP contribution in [0.1, 0.15) is 32.8 Å². The Hall–Kier alpha value is -1.59. The molecule has 0 aromatic heterocycles. The van der Waals surface area contributed by atoms with Crippen LogP contribution in [0.3, 0.4) is 0 Å². The van der Waals surface area contributed by atoms with E-state index in [2.05, 4.69) is 31.0 Å². The Labute approximate surface area is 151 Å². The molecule has 1 aromatic rings. The number of nitrogens with one attached hydrogen (secondary N) is 1. The summed E-state index contributed by atoms with van der Waals surface area (Å²) in [5.74, 6) is 1.26. The molecule has 1 aliphatic rings. The van der Waals surface area contributed by atoms with Crippen molar-refractivity contribution in [2.24, 2.45) is 5.92 Å². The van der Waals surface area contributed by atoms with Crippen LogP contribution >= 0.6 is 0 Å². The molecule has 1 amide bonds. The number of hydrogen-bond acceptors (Lipinski definition) is 4. The lowest BCUT2D eigenvalue weighted by molar-refractivity contribution is -0.123. The highest BCUT2D eigenvalue weighted by atomic mass is 16.5. The summed E-state index contributed by atoms with van der Waals surface area (Å²) in [4.78, 5) is 14.6. The maximum atomic E-state index is 12.1. The van der Waals surface area contributed by atoms with E-state index in [-0.39, 0.29) is 12.5 Å². The smallest absolute Gasteiger partial charge is 0.257 e. The van der Waals surface area contributed by atoms with E-state index in [1.54, 1.807) is 0 Å². The van der Waals surface area contributed by atoms with Crippen LogP contribution in [0.15, 0.2) is 24.3 Å². The van der Waals surface area contributed by atoms with E-state index in [1.165, 1.54) is 5.56 Å². The van der Waals surface area contributed by atoms with Gasteiger partial charge in [0, 0.05) is 25.7 Å². The number of nitrogens with zero attached hydrogens (tertiary/aromatic N) is 1. The number of carbonyl (C=O) groups excluding carboxylic acids is 1. The first-order valence-corrected chi connectivity index (χ1v) is 9.38. The third kappa shape index (κ3) is 7.04. The highest BCUT2D eigenvalue weighted by molar-refractivity contribution is 5.77. The molecule has 0 bridgehead atoms. The molecular weight excluding hydrogens is 316 g/mol. The molecule has 25 heavy (non-hydrogen) atoms. The summed E-state index contributed by atoms with van der Waals surface area (Å²) < 4.78 is 11.0. The molecule has 0 radical (unpaired) electrons. The van der Waals surface area contributed by atoms with Crippen molar-refractivity contribution in [2.45, 2.75) is 39.7 Å². The predicted octanol–water partition coefficient (Wildman–Crippen LogP) is 2.49. The van der Waals surface area contributed by atoms with Gasteiger partial charge in [0.15, 0.2) is 6.61 Å². The first-order chi connectivity index (χ1) is 12.1. The topological polar surface area (TPSA) is 50.8 Å². The Morgan fingerprint density at radius 1 is 1.24 bits per heavy atom. The molecule has 5 heteroatoms. The van der Waals surface area contributed by atoms with Gasteiger partial charge < -0.3 is 14.8 Å². The Morgan fingerprint density at radius 2 is 1.92 bits per heavy atom. The fraction of sp³-hybridized carbons (Fsp3) is 0.650. The van der Waals surface area contributed by atoms with Gasteiger partial charge in [-0.05, 0) is 36.5 Å². The van der Waals surface area contributed by atoms with Crippen molar-refractivity contribution in [3.8, 4) is 5.75 Å². The summed E-state index contributed by atoms with van der Waals surface area (Å²) in [6, 6.07) is 8.26. The molecule has 0 saturated carbocycles. The van der Waals surface area contributed by atoms with Crippen LogP contribution in [0.5, 0.6) is 5.75 Å². The van der Waals surface area contributed by atoms with Crippen LogP contribution in [-0.2, 0) is 16.0 Å².